The average molecular weight is 557 g/mol. The van der Waals surface area contributed by atoms with Crippen molar-refractivity contribution in [2.75, 3.05) is 12.3 Å². The van der Waals surface area contributed by atoms with E-state index >= 15 is 0 Å². The Morgan fingerprint density at radius 3 is 1.71 bits per heavy atom. The van der Waals surface area contributed by atoms with E-state index in [1.54, 1.807) is 62.3 Å². The van der Waals surface area contributed by atoms with Crippen molar-refractivity contribution in [2.24, 2.45) is 11.8 Å². The maximum Gasteiger partial charge on any atom is 0.310 e. The molecule has 1 aromatic carbocycles. The highest BCUT2D eigenvalue weighted by molar-refractivity contribution is 7.59. The van der Waals surface area contributed by atoms with Crippen LogP contribution in [0.1, 0.15) is 87.6 Å². The number of esters is 2. The van der Waals surface area contributed by atoms with Gasteiger partial charge in [0.25, 0.3) is 0 Å². The number of aryl methyl sites for hydroxylation is 1. The van der Waals surface area contributed by atoms with Gasteiger partial charge in [0.05, 0.1) is 17.4 Å². The molecule has 0 radical (unpaired) electrons. The third-order valence-corrected chi connectivity index (χ3v) is 7.69. The zero-order valence-corrected chi connectivity index (χ0v) is 26.0. The molecule has 1 aromatic rings. The number of aliphatic carboxylic acids is 1. The summed E-state index contributed by atoms with van der Waals surface area (Å²) in [4.78, 5) is 36.4. The van der Waals surface area contributed by atoms with E-state index in [1.807, 2.05) is 18.2 Å². The lowest BCUT2D eigenvalue weighted by atomic mass is 10.0. The number of ether oxygens (including phenoxy) is 2. The summed E-state index contributed by atoms with van der Waals surface area (Å²) in [6.45, 7) is 19.1. The van der Waals surface area contributed by atoms with Gasteiger partial charge < -0.3 is 19.1 Å². The van der Waals surface area contributed by atoms with Crippen LogP contribution in [0.4, 0.5) is 0 Å². The Balaban J connectivity index is 0.00000167. The largest absolute Gasteiger partial charge is 0.481 e. The first-order chi connectivity index (χ1) is 17.0. The second-order valence-electron chi connectivity index (χ2n) is 12.6. The molecule has 3 unspecified atom stereocenters. The monoisotopic (exact) mass is 556 g/mol. The van der Waals surface area contributed by atoms with E-state index < -0.39 is 53.9 Å². The third-order valence-electron chi connectivity index (χ3n) is 4.71. The van der Waals surface area contributed by atoms with Gasteiger partial charge in [-0.15, -0.1) is 0 Å². The molecular formula is C29H49O8P. The normalized spacial score (nSPS) is 15.2. The highest BCUT2D eigenvalue weighted by atomic mass is 31.2. The van der Waals surface area contributed by atoms with Gasteiger partial charge in [0.1, 0.15) is 11.2 Å². The molecule has 0 spiro atoms. The fraction of sp³-hybridized carbons (Fsp3) is 0.690. The van der Waals surface area contributed by atoms with Gasteiger partial charge in [0.2, 0.25) is 7.37 Å². The molecule has 0 fully saturated rings. The van der Waals surface area contributed by atoms with Crippen LogP contribution in [0.5, 0.6) is 0 Å². The van der Waals surface area contributed by atoms with Crippen molar-refractivity contribution < 1.29 is 38.1 Å². The molecule has 3 atom stereocenters. The highest BCUT2D eigenvalue weighted by Crippen LogP contribution is 2.54. The van der Waals surface area contributed by atoms with E-state index in [1.165, 1.54) is 12.5 Å². The Kier molecular flexibility index (Phi) is 14.0. The van der Waals surface area contributed by atoms with Gasteiger partial charge in [-0.1, -0.05) is 42.8 Å². The molecule has 0 amide bonds. The molecule has 0 aromatic heterocycles. The Hall–Kier alpha value is -2.18. The minimum absolute atomic E-state index is 0.0583. The van der Waals surface area contributed by atoms with Gasteiger partial charge >= 0.3 is 17.9 Å². The number of hydrogen-bond donors (Lipinski definition) is 1. The first-order valence-electron chi connectivity index (χ1n) is 13.0. The molecule has 0 aliphatic heterocycles. The van der Waals surface area contributed by atoms with Crippen LogP contribution in [0, 0.1) is 18.8 Å². The van der Waals surface area contributed by atoms with Crippen molar-refractivity contribution in [1.82, 2.24) is 0 Å². The Labute approximate surface area is 229 Å². The molecule has 0 aliphatic carbocycles. The number of rotatable bonds is 10. The summed E-state index contributed by atoms with van der Waals surface area (Å²) in [6, 6.07) is 10.3. The van der Waals surface area contributed by atoms with Crippen LogP contribution in [-0.4, -0.2) is 52.1 Å². The van der Waals surface area contributed by atoms with Crippen LogP contribution >= 0.6 is 7.37 Å². The van der Waals surface area contributed by atoms with Crippen molar-refractivity contribution >= 4 is 25.3 Å². The first kappa shape index (κ1) is 35.8. The molecule has 0 aliphatic rings. The molecule has 0 saturated heterocycles. The van der Waals surface area contributed by atoms with Gasteiger partial charge in [-0.3, -0.25) is 18.9 Å². The first-order valence-corrected chi connectivity index (χ1v) is 15.0. The lowest BCUT2D eigenvalue weighted by molar-refractivity contribution is -0.160. The summed E-state index contributed by atoms with van der Waals surface area (Å²) in [7, 11) is -3.56. The Morgan fingerprint density at radius 2 is 1.34 bits per heavy atom. The van der Waals surface area contributed by atoms with Gasteiger partial charge in [0, 0.05) is 18.7 Å². The predicted molar refractivity (Wildman–Crippen MR) is 151 cm³/mol. The molecule has 8 nitrogen and oxygen atoms in total. The van der Waals surface area contributed by atoms with Crippen LogP contribution < -0.4 is 0 Å². The van der Waals surface area contributed by atoms with Crippen LogP contribution in [0.3, 0.4) is 0 Å². The summed E-state index contributed by atoms with van der Waals surface area (Å²) >= 11 is 0. The van der Waals surface area contributed by atoms with E-state index in [2.05, 4.69) is 19.1 Å². The van der Waals surface area contributed by atoms with E-state index in [0.717, 1.165) is 0 Å². The number of carboxylic acid groups (broad SMARTS) is 1. The summed E-state index contributed by atoms with van der Waals surface area (Å²) in [5, 5.41) is 9.29. The number of carboxylic acids is 1. The number of hydrogen-bond acceptors (Lipinski definition) is 7. The van der Waals surface area contributed by atoms with E-state index in [0.29, 0.717) is 0 Å². The molecule has 0 saturated carbocycles. The van der Waals surface area contributed by atoms with E-state index in [-0.39, 0.29) is 25.2 Å². The minimum Gasteiger partial charge on any atom is -0.481 e. The highest BCUT2D eigenvalue weighted by Gasteiger charge is 2.39. The van der Waals surface area contributed by atoms with Gasteiger partial charge in [-0.05, 0) is 75.7 Å². The van der Waals surface area contributed by atoms with Gasteiger partial charge in [-0.2, -0.15) is 0 Å². The van der Waals surface area contributed by atoms with Crippen LogP contribution in [0.15, 0.2) is 30.3 Å². The molecule has 1 N–H and O–H groups in total. The van der Waals surface area contributed by atoms with E-state index in [9.17, 15) is 24.1 Å². The summed E-state index contributed by atoms with van der Waals surface area (Å²) < 4.78 is 30.3. The lowest BCUT2D eigenvalue weighted by Crippen LogP contribution is -2.33. The zero-order valence-electron chi connectivity index (χ0n) is 25.1. The standard InChI is InChI=1S/C22H41O8P.C7H8/c1-15(18(24)25)13-31(27,30-22(8,9)10)14-16(19(26)29-21(5,6)7)11-12-17(23)28-20(2,3)4;1-7-5-3-2-4-6-7/h15-16H,11-14H2,1-10H3,(H,24,25);2-6H,1H3. The Bertz CT molecular complexity index is 936. The molecular weight excluding hydrogens is 507 g/mol. The predicted octanol–water partition coefficient (Wildman–Crippen LogP) is 6.88. The van der Waals surface area contributed by atoms with Gasteiger partial charge in [-0.25, -0.2) is 0 Å². The van der Waals surface area contributed by atoms with Crippen molar-refractivity contribution in [2.45, 2.75) is 106 Å². The second-order valence-corrected chi connectivity index (χ2v) is 15.2. The third kappa shape index (κ3) is 18.1. The smallest absolute Gasteiger partial charge is 0.310 e. The molecule has 38 heavy (non-hydrogen) atoms. The molecule has 9 heteroatoms. The molecule has 0 heterocycles. The SMILES string of the molecule is CC(CP(=O)(CC(CCC(=O)OC(C)(C)C)C(=O)OC(C)(C)C)OC(C)(C)C)C(=O)O.Cc1ccccc1. The molecule has 218 valence electrons. The zero-order chi connectivity index (χ0) is 29.9. The van der Waals surface area contributed by atoms with Crippen LogP contribution in [0.25, 0.3) is 0 Å². The summed E-state index contributed by atoms with van der Waals surface area (Å²) in [5.74, 6) is -4.00. The fourth-order valence-electron chi connectivity index (χ4n) is 3.37. The summed E-state index contributed by atoms with van der Waals surface area (Å²) in [5.41, 5.74) is -0.926. The quantitative estimate of drug-likeness (QED) is 0.245. The lowest BCUT2D eigenvalue weighted by Gasteiger charge is -2.32. The molecule has 1 rings (SSSR count). The van der Waals surface area contributed by atoms with Crippen molar-refractivity contribution in [3.8, 4) is 0 Å². The van der Waals surface area contributed by atoms with Crippen molar-refractivity contribution in [1.29, 1.82) is 0 Å². The number of benzene rings is 1. The van der Waals surface area contributed by atoms with Crippen molar-refractivity contribution in [3.63, 3.8) is 0 Å². The molecule has 0 bridgehead atoms. The van der Waals surface area contributed by atoms with Crippen LogP contribution in [-0.2, 0) is 32.9 Å². The summed E-state index contributed by atoms with van der Waals surface area (Å²) in [6.07, 6.45) is -0.432. The topological polar surface area (TPSA) is 116 Å². The number of carbonyl (C=O) groups excluding carboxylic acids is 2. The average Bonchev–Trinajstić information content (AvgIpc) is 2.68. The Morgan fingerprint density at radius 1 is 0.842 bits per heavy atom. The van der Waals surface area contributed by atoms with E-state index in [4.69, 9.17) is 14.0 Å². The van der Waals surface area contributed by atoms with Crippen LogP contribution in [0.2, 0.25) is 0 Å². The second kappa shape index (κ2) is 14.8. The van der Waals surface area contributed by atoms with Gasteiger partial charge in [0.15, 0.2) is 0 Å². The minimum atomic E-state index is -3.56. The van der Waals surface area contributed by atoms with Crippen molar-refractivity contribution in [3.05, 3.63) is 35.9 Å². The fourth-order valence-corrected chi connectivity index (χ4v) is 6.66. The number of carbonyl (C=O) groups is 3. The maximum absolute atomic E-state index is 13.7. The maximum atomic E-state index is 13.7.